The summed E-state index contributed by atoms with van der Waals surface area (Å²) < 4.78 is 53.4. The van der Waals surface area contributed by atoms with E-state index in [1.54, 1.807) is 37.3 Å². The number of ether oxygens (including phenoxy) is 5. The van der Waals surface area contributed by atoms with E-state index >= 15 is 0 Å². The number of methoxy groups -OCH3 is 1. The van der Waals surface area contributed by atoms with Gasteiger partial charge in [-0.3, -0.25) is 9.36 Å². The summed E-state index contributed by atoms with van der Waals surface area (Å²) in [6.45, 7) is 0.922. The average molecular weight is 573 g/mol. The number of halogens is 2. The van der Waals surface area contributed by atoms with Gasteiger partial charge < -0.3 is 23.7 Å². The first-order valence-electron chi connectivity index (χ1n) is 12.6. The molecule has 0 radical (unpaired) electrons. The molecule has 40 heavy (non-hydrogen) atoms. The third-order valence-corrected chi connectivity index (χ3v) is 7.29. The fourth-order valence-electron chi connectivity index (χ4n) is 4.64. The molecular formula is C28H26F2N2O7S. The smallest absolute Gasteiger partial charge is 0.387 e. The number of benzene rings is 2. The summed E-state index contributed by atoms with van der Waals surface area (Å²) in [5.74, 6) is 0.498. The van der Waals surface area contributed by atoms with Crippen LogP contribution in [-0.4, -0.2) is 37.7 Å². The number of aromatic nitrogens is 1. The molecule has 0 aliphatic carbocycles. The Morgan fingerprint density at radius 1 is 1.18 bits per heavy atom. The van der Waals surface area contributed by atoms with Gasteiger partial charge in [0.1, 0.15) is 0 Å². The Kier molecular flexibility index (Phi) is 7.88. The summed E-state index contributed by atoms with van der Waals surface area (Å²) in [5.41, 5.74) is 1.62. The maximum atomic E-state index is 13.9. The van der Waals surface area contributed by atoms with Gasteiger partial charge in [-0.05, 0) is 54.8 Å². The van der Waals surface area contributed by atoms with Crippen LogP contribution in [0.3, 0.4) is 0 Å². The van der Waals surface area contributed by atoms with E-state index in [9.17, 15) is 18.4 Å². The Bertz CT molecular complexity index is 1660. The van der Waals surface area contributed by atoms with Gasteiger partial charge in [0.25, 0.3) is 5.56 Å². The van der Waals surface area contributed by atoms with Gasteiger partial charge in [-0.25, -0.2) is 9.79 Å². The van der Waals surface area contributed by atoms with Crippen molar-refractivity contribution >= 4 is 23.4 Å². The maximum Gasteiger partial charge on any atom is 0.387 e. The zero-order valence-corrected chi connectivity index (χ0v) is 22.8. The van der Waals surface area contributed by atoms with Crippen molar-refractivity contribution in [1.82, 2.24) is 4.57 Å². The molecule has 9 nitrogen and oxygen atoms in total. The molecule has 1 aromatic heterocycles. The molecule has 0 bridgehead atoms. The lowest BCUT2D eigenvalue weighted by Crippen LogP contribution is -2.40. The molecule has 2 aliphatic heterocycles. The first kappa shape index (κ1) is 27.4. The molecule has 0 fully saturated rings. The molecule has 2 aromatic carbocycles. The number of carbonyl (C=O) groups is 1. The van der Waals surface area contributed by atoms with Crippen LogP contribution in [0.25, 0.3) is 6.08 Å². The first-order chi connectivity index (χ1) is 19.3. The van der Waals surface area contributed by atoms with E-state index in [2.05, 4.69) is 4.74 Å². The van der Waals surface area contributed by atoms with E-state index < -0.39 is 18.6 Å². The van der Waals surface area contributed by atoms with Crippen LogP contribution in [0.2, 0.25) is 0 Å². The molecule has 5 rings (SSSR count). The lowest BCUT2D eigenvalue weighted by atomic mass is 9.94. The number of esters is 1. The van der Waals surface area contributed by atoms with Gasteiger partial charge in [-0.2, -0.15) is 8.78 Å². The molecule has 3 aromatic rings. The first-order valence-corrected chi connectivity index (χ1v) is 13.4. The second-order valence-electron chi connectivity index (χ2n) is 8.82. The minimum atomic E-state index is -3.01. The number of fused-ring (bicyclic) bond motifs is 2. The van der Waals surface area contributed by atoms with Crippen LogP contribution >= 0.6 is 11.3 Å². The molecule has 0 N–H and O–H groups in total. The molecule has 210 valence electrons. The van der Waals surface area contributed by atoms with Crippen LogP contribution in [0, 0.1) is 0 Å². The minimum Gasteiger partial charge on any atom is -0.493 e. The van der Waals surface area contributed by atoms with Gasteiger partial charge >= 0.3 is 12.6 Å². The topological polar surface area (TPSA) is 97.6 Å². The van der Waals surface area contributed by atoms with Crippen LogP contribution in [0.1, 0.15) is 43.9 Å². The van der Waals surface area contributed by atoms with E-state index in [0.29, 0.717) is 44.1 Å². The Morgan fingerprint density at radius 3 is 2.70 bits per heavy atom. The number of rotatable bonds is 9. The highest BCUT2D eigenvalue weighted by Crippen LogP contribution is 2.39. The largest absolute Gasteiger partial charge is 0.493 e. The van der Waals surface area contributed by atoms with Gasteiger partial charge in [-0.1, -0.05) is 36.8 Å². The molecular weight excluding hydrogens is 546 g/mol. The summed E-state index contributed by atoms with van der Waals surface area (Å²) in [7, 11) is 1.34. The molecule has 2 aliphatic rings. The Hall–Kier alpha value is -4.19. The summed E-state index contributed by atoms with van der Waals surface area (Å²) in [6.07, 6.45) is 2.84. The van der Waals surface area contributed by atoms with E-state index in [0.717, 1.165) is 17.8 Å². The van der Waals surface area contributed by atoms with E-state index in [-0.39, 0.29) is 36.0 Å². The second-order valence-corrected chi connectivity index (χ2v) is 9.82. The molecule has 0 saturated heterocycles. The standard InChI is InChI=1S/C28H26F2N2O7S/c1-4-6-17-23(26(34)36-5-2)24(16-8-10-18-21(13-16)38-14-37-18)32-25(33)22(40-28(32)31-17)12-15-7-9-19(39-27(29)30)20(11-15)35-3/h7-13,24,27H,4-6,14H2,1-3H3/b22-12+/t24-/m1/s1. The van der Waals surface area contributed by atoms with Crippen molar-refractivity contribution in [3.63, 3.8) is 0 Å². The summed E-state index contributed by atoms with van der Waals surface area (Å²) in [6, 6.07) is 8.86. The van der Waals surface area contributed by atoms with Crippen LogP contribution in [0.4, 0.5) is 8.78 Å². The van der Waals surface area contributed by atoms with Gasteiger partial charge in [0.2, 0.25) is 6.79 Å². The molecule has 0 spiro atoms. The van der Waals surface area contributed by atoms with Crippen molar-refractivity contribution in [2.75, 3.05) is 20.5 Å². The lowest BCUT2D eigenvalue weighted by molar-refractivity contribution is -0.139. The van der Waals surface area contributed by atoms with Gasteiger partial charge in [0, 0.05) is 0 Å². The maximum absolute atomic E-state index is 13.9. The molecule has 0 saturated carbocycles. The van der Waals surface area contributed by atoms with E-state index in [4.69, 9.17) is 23.9 Å². The van der Waals surface area contributed by atoms with Crippen LogP contribution in [0.15, 0.2) is 57.5 Å². The highest BCUT2D eigenvalue weighted by Gasteiger charge is 2.35. The number of carbonyl (C=O) groups excluding carboxylic acids is 1. The third kappa shape index (κ3) is 5.18. The average Bonchev–Trinajstić information content (AvgIpc) is 3.52. The zero-order chi connectivity index (χ0) is 28.4. The van der Waals surface area contributed by atoms with Crippen LogP contribution in [0.5, 0.6) is 23.0 Å². The third-order valence-electron chi connectivity index (χ3n) is 6.31. The van der Waals surface area contributed by atoms with Crippen molar-refractivity contribution in [1.29, 1.82) is 0 Å². The van der Waals surface area contributed by atoms with Gasteiger partial charge in [0.05, 0.1) is 35.6 Å². The number of thiazole rings is 1. The van der Waals surface area contributed by atoms with Crippen molar-refractivity contribution in [2.24, 2.45) is 4.99 Å². The predicted octanol–water partition coefficient (Wildman–Crippen LogP) is 3.92. The number of nitrogens with zero attached hydrogens (tertiary/aromatic N) is 2. The summed E-state index contributed by atoms with van der Waals surface area (Å²) in [4.78, 5) is 32.3. The number of allylic oxidation sites excluding steroid dienone is 1. The molecule has 12 heteroatoms. The molecule has 3 heterocycles. The van der Waals surface area contributed by atoms with Gasteiger partial charge in [0.15, 0.2) is 27.8 Å². The Labute approximate surface area is 231 Å². The summed E-state index contributed by atoms with van der Waals surface area (Å²) in [5, 5.41) is 0. The highest BCUT2D eigenvalue weighted by atomic mass is 32.1. The van der Waals surface area contributed by atoms with Crippen molar-refractivity contribution in [3.8, 4) is 23.0 Å². The fraction of sp³-hybridized carbons (Fsp3) is 0.321. The number of alkyl halides is 2. The molecule has 0 amide bonds. The monoisotopic (exact) mass is 572 g/mol. The lowest BCUT2D eigenvalue weighted by Gasteiger charge is -2.25. The zero-order valence-electron chi connectivity index (χ0n) is 21.9. The second kappa shape index (κ2) is 11.5. The number of hydrogen-bond acceptors (Lipinski definition) is 9. The predicted molar refractivity (Wildman–Crippen MR) is 142 cm³/mol. The fourth-order valence-corrected chi connectivity index (χ4v) is 5.66. The SMILES string of the molecule is CCCC1=C(C(=O)OCC)[C@@H](c2ccc3c(c2)OCO3)n2c(s/c(=C/c3ccc(OC(F)F)c(OC)c3)c2=O)=N1. The van der Waals surface area contributed by atoms with E-state index in [1.807, 2.05) is 6.92 Å². The van der Waals surface area contributed by atoms with Crippen molar-refractivity contribution < 1.29 is 37.3 Å². The quantitative estimate of drug-likeness (QED) is 0.359. The van der Waals surface area contributed by atoms with Crippen LogP contribution in [-0.2, 0) is 9.53 Å². The Balaban J connectivity index is 1.69. The molecule has 0 unspecified atom stereocenters. The normalized spacial score (nSPS) is 16.1. The summed E-state index contributed by atoms with van der Waals surface area (Å²) >= 11 is 1.16. The van der Waals surface area contributed by atoms with Crippen LogP contribution < -0.4 is 33.8 Å². The Morgan fingerprint density at radius 2 is 1.98 bits per heavy atom. The van der Waals surface area contributed by atoms with Crippen molar-refractivity contribution in [3.05, 3.63) is 78.5 Å². The van der Waals surface area contributed by atoms with Crippen molar-refractivity contribution in [2.45, 2.75) is 39.3 Å². The highest BCUT2D eigenvalue weighted by molar-refractivity contribution is 7.07. The van der Waals surface area contributed by atoms with E-state index in [1.165, 1.54) is 23.8 Å². The minimum absolute atomic E-state index is 0.0772. The number of hydrogen-bond donors (Lipinski definition) is 0. The van der Waals surface area contributed by atoms with Gasteiger partial charge in [-0.15, -0.1) is 0 Å². The molecule has 1 atom stereocenters.